The molecule has 0 saturated heterocycles. The number of carbonyl (C=O) groups excluding carboxylic acids is 1. The number of nitrogens with one attached hydrogen (secondary N) is 2. The summed E-state index contributed by atoms with van der Waals surface area (Å²) in [7, 11) is 3.18. The van der Waals surface area contributed by atoms with Gasteiger partial charge in [0.15, 0.2) is 11.5 Å². The quantitative estimate of drug-likeness (QED) is 0.267. The maximum atomic E-state index is 14.4. The highest BCUT2D eigenvalue weighted by Gasteiger charge is 2.27. The number of aryl methyl sites for hydroxylation is 1. The van der Waals surface area contributed by atoms with E-state index in [1.807, 2.05) is 55.5 Å². The van der Waals surface area contributed by atoms with Crippen LogP contribution in [0.15, 0.2) is 66.7 Å². The number of carbonyl (C=O) groups is 1. The third kappa shape index (κ3) is 6.30. The number of rotatable bonds is 8. The molecule has 1 unspecified atom stereocenters. The molecule has 41 heavy (non-hydrogen) atoms. The number of halogens is 2. The van der Waals surface area contributed by atoms with Crippen molar-refractivity contribution in [2.24, 2.45) is 0 Å². The Hall–Kier alpha value is -4.50. The molecule has 2 N–H and O–H groups in total. The molecule has 9 heteroatoms. The summed E-state index contributed by atoms with van der Waals surface area (Å²) in [6.07, 6.45) is 4.32. The van der Waals surface area contributed by atoms with Gasteiger partial charge < -0.3 is 20.1 Å². The van der Waals surface area contributed by atoms with Crippen LogP contribution in [0, 0.1) is 18.6 Å². The molecular formula is C32H32F2N4O3. The molecule has 0 fully saturated rings. The molecular weight excluding hydrogens is 526 g/mol. The van der Waals surface area contributed by atoms with E-state index in [1.54, 1.807) is 20.3 Å². The van der Waals surface area contributed by atoms with Crippen LogP contribution in [0.25, 0.3) is 17.0 Å². The number of nitrogens with zero attached hydrogens (tertiary/aromatic N) is 2. The van der Waals surface area contributed by atoms with Crippen molar-refractivity contribution in [3.63, 3.8) is 0 Å². The summed E-state index contributed by atoms with van der Waals surface area (Å²) in [5.74, 6) is -0.0187. The van der Waals surface area contributed by atoms with Gasteiger partial charge in [0.25, 0.3) is 0 Å². The second-order valence-electron chi connectivity index (χ2n) is 9.87. The molecule has 5 rings (SSSR count). The van der Waals surface area contributed by atoms with Gasteiger partial charge in [-0.25, -0.2) is 13.6 Å². The summed E-state index contributed by atoms with van der Waals surface area (Å²) in [4.78, 5) is 19.6. The largest absolute Gasteiger partial charge is 0.493 e. The fourth-order valence-corrected chi connectivity index (χ4v) is 5.23. The Morgan fingerprint density at radius 1 is 1.07 bits per heavy atom. The standard InChI is InChI=1S/C32H32F2N4O3/c1-20-16-28(24-6-4-5-7-27(24)36-20)37-32(39)35-13-15-38-14-12-22-17-30(40-2)31(41-3)19-25(22)29(38)11-9-21-8-10-23(33)18-26(21)34/h4-11,16-19,29H,12-15H2,1-3H3,(H2,35,36,37,39)/b11-9+. The van der Waals surface area contributed by atoms with Gasteiger partial charge in [-0.3, -0.25) is 9.88 Å². The van der Waals surface area contributed by atoms with Gasteiger partial charge in [-0.15, -0.1) is 0 Å². The van der Waals surface area contributed by atoms with E-state index in [1.165, 1.54) is 12.1 Å². The van der Waals surface area contributed by atoms with Crippen molar-refractivity contribution in [3.05, 3.63) is 101 Å². The van der Waals surface area contributed by atoms with E-state index in [0.717, 1.165) is 40.2 Å². The fourth-order valence-electron chi connectivity index (χ4n) is 5.23. The monoisotopic (exact) mass is 558 g/mol. The smallest absolute Gasteiger partial charge is 0.319 e. The van der Waals surface area contributed by atoms with E-state index in [4.69, 9.17) is 9.47 Å². The van der Waals surface area contributed by atoms with Crippen LogP contribution >= 0.6 is 0 Å². The fraction of sp³-hybridized carbons (Fsp3) is 0.250. The lowest BCUT2D eigenvalue weighted by Gasteiger charge is -2.36. The molecule has 1 aliphatic heterocycles. The molecule has 4 aromatic rings. The Labute approximate surface area is 237 Å². The van der Waals surface area contributed by atoms with E-state index in [2.05, 4.69) is 20.5 Å². The van der Waals surface area contributed by atoms with Gasteiger partial charge in [0.2, 0.25) is 0 Å². The van der Waals surface area contributed by atoms with Crippen LogP contribution in [0.4, 0.5) is 19.3 Å². The van der Waals surface area contributed by atoms with Crippen LogP contribution in [-0.2, 0) is 6.42 Å². The van der Waals surface area contributed by atoms with Crippen molar-refractivity contribution in [2.45, 2.75) is 19.4 Å². The van der Waals surface area contributed by atoms with Gasteiger partial charge >= 0.3 is 6.03 Å². The molecule has 212 valence electrons. The summed E-state index contributed by atoms with van der Waals surface area (Å²) in [5.41, 5.74) is 4.70. The van der Waals surface area contributed by atoms with Crippen LogP contribution in [0.3, 0.4) is 0 Å². The number of aromatic nitrogens is 1. The lowest BCUT2D eigenvalue weighted by molar-refractivity contribution is 0.216. The van der Waals surface area contributed by atoms with Gasteiger partial charge in [0.05, 0.1) is 31.5 Å². The predicted molar refractivity (Wildman–Crippen MR) is 156 cm³/mol. The predicted octanol–water partition coefficient (Wildman–Crippen LogP) is 6.27. The maximum absolute atomic E-state index is 14.4. The first-order valence-corrected chi connectivity index (χ1v) is 13.4. The van der Waals surface area contributed by atoms with Crippen LogP contribution in [0.1, 0.15) is 28.4 Å². The molecule has 0 aliphatic carbocycles. The Morgan fingerprint density at radius 3 is 2.63 bits per heavy atom. The van der Waals surface area contributed by atoms with Crippen molar-refractivity contribution in [1.29, 1.82) is 0 Å². The Kier molecular flexibility index (Phi) is 8.45. The summed E-state index contributed by atoms with van der Waals surface area (Å²) >= 11 is 0. The van der Waals surface area contributed by atoms with Crippen LogP contribution in [0.5, 0.6) is 11.5 Å². The van der Waals surface area contributed by atoms with E-state index < -0.39 is 11.6 Å². The molecule has 0 bridgehead atoms. The van der Waals surface area contributed by atoms with Gasteiger partial charge in [-0.1, -0.05) is 30.4 Å². The van der Waals surface area contributed by atoms with Gasteiger partial charge in [0, 0.05) is 42.3 Å². The van der Waals surface area contributed by atoms with Crippen LogP contribution in [0.2, 0.25) is 0 Å². The molecule has 1 aliphatic rings. The number of fused-ring (bicyclic) bond motifs is 2. The SMILES string of the molecule is COc1cc2c(cc1OC)C(/C=C/c1ccc(F)cc1F)N(CCNC(=O)Nc1cc(C)nc3ccccc13)CC2. The number of anilines is 1. The number of pyridine rings is 1. The molecule has 2 amide bonds. The molecule has 0 spiro atoms. The van der Waals surface area contributed by atoms with Crippen LogP contribution in [-0.4, -0.2) is 49.8 Å². The van der Waals surface area contributed by atoms with Gasteiger partial charge in [-0.2, -0.15) is 0 Å². The Morgan fingerprint density at radius 2 is 1.85 bits per heavy atom. The zero-order valence-corrected chi connectivity index (χ0v) is 23.2. The Bertz CT molecular complexity index is 1610. The molecule has 0 saturated carbocycles. The first-order chi connectivity index (χ1) is 19.9. The highest BCUT2D eigenvalue weighted by molar-refractivity contribution is 6.00. The third-order valence-corrected chi connectivity index (χ3v) is 7.22. The number of hydrogen-bond acceptors (Lipinski definition) is 5. The number of benzene rings is 3. The van der Waals surface area contributed by atoms with Crippen molar-refractivity contribution in [3.8, 4) is 11.5 Å². The molecule has 0 radical (unpaired) electrons. The zero-order valence-electron chi connectivity index (χ0n) is 23.2. The van der Waals surface area contributed by atoms with Gasteiger partial charge in [0.1, 0.15) is 11.6 Å². The minimum atomic E-state index is -0.631. The first kappa shape index (κ1) is 28.0. The lowest BCUT2D eigenvalue weighted by atomic mass is 9.91. The molecule has 3 aromatic carbocycles. The minimum absolute atomic E-state index is 0.236. The lowest BCUT2D eigenvalue weighted by Crippen LogP contribution is -2.41. The maximum Gasteiger partial charge on any atom is 0.319 e. The van der Waals surface area contributed by atoms with E-state index in [0.29, 0.717) is 36.8 Å². The average Bonchev–Trinajstić information content (AvgIpc) is 2.96. The summed E-state index contributed by atoms with van der Waals surface area (Å²) in [6, 6.07) is 16.4. The van der Waals surface area contributed by atoms with E-state index in [9.17, 15) is 13.6 Å². The second kappa shape index (κ2) is 12.3. The molecule has 1 aromatic heterocycles. The van der Waals surface area contributed by atoms with Gasteiger partial charge in [-0.05, 0) is 60.9 Å². The van der Waals surface area contributed by atoms with E-state index in [-0.39, 0.29) is 17.6 Å². The topological polar surface area (TPSA) is 75.7 Å². The number of hydrogen-bond donors (Lipinski definition) is 2. The summed E-state index contributed by atoms with van der Waals surface area (Å²) in [5, 5.41) is 6.77. The molecule has 2 heterocycles. The van der Waals surface area contributed by atoms with Crippen molar-refractivity contribution in [1.82, 2.24) is 15.2 Å². The number of methoxy groups -OCH3 is 2. The summed E-state index contributed by atoms with van der Waals surface area (Å²) in [6.45, 7) is 3.52. The average molecular weight is 559 g/mol. The zero-order chi connectivity index (χ0) is 28.9. The first-order valence-electron chi connectivity index (χ1n) is 13.4. The highest BCUT2D eigenvalue weighted by atomic mass is 19.1. The molecule has 7 nitrogen and oxygen atoms in total. The minimum Gasteiger partial charge on any atom is -0.493 e. The van der Waals surface area contributed by atoms with Crippen LogP contribution < -0.4 is 20.1 Å². The number of amides is 2. The Balaban J connectivity index is 1.34. The summed E-state index contributed by atoms with van der Waals surface area (Å²) < 4.78 is 38.9. The van der Waals surface area contributed by atoms with Crippen molar-refractivity contribution >= 4 is 28.7 Å². The number of para-hydroxylation sites is 1. The number of urea groups is 1. The van der Waals surface area contributed by atoms with E-state index >= 15 is 0 Å². The molecule has 1 atom stereocenters. The van der Waals surface area contributed by atoms with Crippen molar-refractivity contribution in [2.75, 3.05) is 39.2 Å². The van der Waals surface area contributed by atoms with Crippen molar-refractivity contribution < 1.29 is 23.0 Å². The highest BCUT2D eigenvalue weighted by Crippen LogP contribution is 2.39. The third-order valence-electron chi connectivity index (χ3n) is 7.22. The second-order valence-corrected chi connectivity index (χ2v) is 9.87. The normalized spacial score (nSPS) is 15.1. The number of ether oxygens (including phenoxy) is 2.